The highest BCUT2D eigenvalue weighted by atomic mass is 32.2. The molecule has 7 heteroatoms. The van der Waals surface area contributed by atoms with Gasteiger partial charge in [-0.05, 0) is 43.7 Å². The van der Waals surface area contributed by atoms with Gasteiger partial charge in [-0.3, -0.25) is 4.79 Å². The average Bonchev–Trinajstić information content (AvgIpc) is 3.07. The first-order valence-electron chi connectivity index (χ1n) is 7.68. The second-order valence-electron chi connectivity index (χ2n) is 5.59. The van der Waals surface area contributed by atoms with Gasteiger partial charge in [0.1, 0.15) is 5.76 Å². The van der Waals surface area contributed by atoms with Crippen LogP contribution in [0.25, 0.3) is 0 Å². The number of rotatable bonds is 6. The van der Waals surface area contributed by atoms with E-state index < -0.39 is 10.0 Å². The summed E-state index contributed by atoms with van der Waals surface area (Å²) in [5.41, 5.74) is 1.07. The van der Waals surface area contributed by atoms with Crippen LogP contribution in [0.4, 0.5) is 0 Å². The maximum Gasteiger partial charge on any atom is 0.254 e. The summed E-state index contributed by atoms with van der Waals surface area (Å²) in [6, 6.07) is 7.86. The van der Waals surface area contributed by atoms with E-state index in [1.54, 1.807) is 45.4 Å². The van der Waals surface area contributed by atoms with Crippen molar-refractivity contribution in [2.45, 2.75) is 31.7 Å². The molecule has 1 N–H and O–H groups in total. The fourth-order valence-corrected chi connectivity index (χ4v) is 3.42. The molecule has 1 aromatic heterocycles. The molecule has 1 atom stereocenters. The smallest absolute Gasteiger partial charge is 0.254 e. The van der Waals surface area contributed by atoms with Crippen molar-refractivity contribution in [3.05, 3.63) is 53.5 Å². The molecule has 24 heavy (non-hydrogen) atoms. The van der Waals surface area contributed by atoms with E-state index in [4.69, 9.17) is 4.42 Å². The zero-order chi connectivity index (χ0) is 17.9. The molecule has 2 rings (SSSR count). The van der Waals surface area contributed by atoms with Crippen LogP contribution >= 0.6 is 0 Å². The Morgan fingerprint density at radius 1 is 1.33 bits per heavy atom. The van der Waals surface area contributed by atoms with E-state index in [1.807, 2.05) is 6.92 Å². The maximum absolute atomic E-state index is 12.8. The predicted octanol–water partition coefficient (Wildman–Crippen LogP) is 2.72. The Bertz CT molecular complexity index is 813. The molecule has 130 valence electrons. The minimum Gasteiger partial charge on any atom is -0.467 e. The summed E-state index contributed by atoms with van der Waals surface area (Å²) in [6.07, 6.45) is 1.55. The second kappa shape index (κ2) is 7.19. The van der Waals surface area contributed by atoms with Crippen molar-refractivity contribution in [1.29, 1.82) is 0 Å². The third-order valence-electron chi connectivity index (χ3n) is 3.94. The number of nitrogens with zero attached hydrogens (tertiary/aromatic N) is 1. The Kier molecular flexibility index (Phi) is 5.46. The molecule has 0 spiro atoms. The van der Waals surface area contributed by atoms with Crippen LogP contribution in [-0.2, 0) is 10.0 Å². The van der Waals surface area contributed by atoms with Gasteiger partial charge >= 0.3 is 0 Å². The molecule has 0 aliphatic carbocycles. The molecule has 1 unspecified atom stereocenters. The van der Waals surface area contributed by atoms with Gasteiger partial charge in [-0.15, -0.1) is 0 Å². The monoisotopic (exact) mass is 350 g/mol. The van der Waals surface area contributed by atoms with Crippen molar-refractivity contribution in [3.8, 4) is 0 Å². The second-order valence-corrected chi connectivity index (χ2v) is 7.35. The molecule has 1 amide bonds. The van der Waals surface area contributed by atoms with Gasteiger partial charge in [0.25, 0.3) is 5.91 Å². The number of benzene rings is 1. The molecule has 2 aromatic rings. The highest BCUT2D eigenvalue weighted by Gasteiger charge is 2.24. The van der Waals surface area contributed by atoms with E-state index in [0.29, 0.717) is 16.9 Å². The fourth-order valence-electron chi connectivity index (χ4n) is 2.36. The van der Waals surface area contributed by atoms with Crippen LogP contribution in [0.3, 0.4) is 0 Å². The lowest BCUT2D eigenvalue weighted by Crippen LogP contribution is -2.30. The first kappa shape index (κ1) is 18.2. The number of carbonyl (C=O) groups is 1. The van der Waals surface area contributed by atoms with Crippen LogP contribution in [0.15, 0.2) is 45.9 Å². The number of nitrogens with one attached hydrogen (secondary N) is 1. The van der Waals surface area contributed by atoms with Crippen molar-refractivity contribution < 1.29 is 17.6 Å². The quantitative estimate of drug-likeness (QED) is 0.869. The molecule has 1 aromatic carbocycles. The van der Waals surface area contributed by atoms with E-state index in [9.17, 15) is 13.2 Å². The van der Waals surface area contributed by atoms with Crippen LogP contribution in [0.1, 0.15) is 41.6 Å². The number of furan rings is 1. The van der Waals surface area contributed by atoms with Gasteiger partial charge in [0.2, 0.25) is 10.0 Å². The molecule has 0 saturated heterocycles. The molecule has 1 heterocycles. The van der Waals surface area contributed by atoms with Gasteiger partial charge in [0, 0.05) is 19.2 Å². The largest absolute Gasteiger partial charge is 0.467 e. The first-order valence-corrected chi connectivity index (χ1v) is 9.17. The predicted molar refractivity (Wildman–Crippen MR) is 91.3 cm³/mol. The van der Waals surface area contributed by atoms with Gasteiger partial charge in [-0.25, -0.2) is 13.1 Å². The number of hydrogen-bond acceptors (Lipinski definition) is 4. The molecular weight excluding hydrogens is 328 g/mol. The van der Waals surface area contributed by atoms with Crippen LogP contribution in [0.5, 0.6) is 0 Å². The van der Waals surface area contributed by atoms with Gasteiger partial charge in [0.15, 0.2) is 0 Å². The SMILES string of the molecule is CCNS(=O)(=O)c1ccc(C)c(C(=O)N(C)C(C)c2ccco2)c1. The van der Waals surface area contributed by atoms with Crippen molar-refractivity contribution in [2.24, 2.45) is 0 Å². The lowest BCUT2D eigenvalue weighted by molar-refractivity contribution is 0.0725. The van der Waals surface area contributed by atoms with Crippen molar-refractivity contribution in [2.75, 3.05) is 13.6 Å². The van der Waals surface area contributed by atoms with E-state index in [0.717, 1.165) is 0 Å². The van der Waals surface area contributed by atoms with Crippen molar-refractivity contribution in [1.82, 2.24) is 9.62 Å². The summed E-state index contributed by atoms with van der Waals surface area (Å²) in [7, 11) is -1.94. The number of sulfonamides is 1. The number of hydrogen-bond donors (Lipinski definition) is 1. The lowest BCUT2D eigenvalue weighted by Gasteiger charge is -2.24. The van der Waals surface area contributed by atoms with Gasteiger partial charge in [-0.1, -0.05) is 13.0 Å². The third kappa shape index (κ3) is 3.68. The zero-order valence-corrected chi connectivity index (χ0v) is 15.1. The standard InChI is InChI=1S/C17H22N2O4S/c1-5-18-24(21,22)14-9-8-12(2)15(11-14)17(20)19(4)13(3)16-7-6-10-23-16/h6-11,13,18H,5H2,1-4H3. The minimum atomic E-state index is -3.61. The number of amides is 1. The Hall–Kier alpha value is -2.12. The molecule has 0 radical (unpaired) electrons. The highest BCUT2D eigenvalue weighted by Crippen LogP contribution is 2.23. The molecule has 0 aliphatic rings. The minimum absolute atomic E-state index is 0.0809. The first-order chi connectivity index (χ1) is 11.3. The van der Waals surface area contributed by atoms with Gasteiger partial charge in [-0.2, -0.15) is 0 Å². The summed E-state index contributed by atoms with van der Waals surface area (Å²) in [4.78, 5) is 14.4. The Balaban J connectivity index is 2.35. The summed E-state index contributed by atoms with van der Waals surface area (Å²) in [5, 5.41) is 0. The van der Waals surface area contributed by atoms with E-state index in [-0.39, 0.29) is 23.4 Å². The van der Waals surface area contributed by atoms with Crippen LogP contribution in [0.2, 0.25) is 0 Å². The van der Waals surface area contributed by atoms with Crippen LogP contribution in [-0.4, -0.2) is 32.8 Å². The summed E-state index contributed by atoms with van der Waals surface area (Å²) >= 11 is 0. The fraction of sp³-hybridized carbons (Fsp3) is 0.353. The third-order valence-corrected chi connectivity index (χ3v) is 5.48. The van der Waals surface area contributed by atoms with Gasteiger partial charge in [0.05, 0.1) is 17.2 Å². The molecule has 0 fully saturated rings. The Morgan fingerprint density at radius 3 is 2.62 bits per heavy atom. The summed E-state index contributed by atoms with van der Waals surface area (Å²) in [5.74, 6) is 0.407. The average molecular weight is 350 g/mol. The van der Waals surface area contributed by atoms with Crippen LogP contribution < -0.4 is 4.72 Å². The normalized spacial score (nSPS) is 12.8. The van der Waals surface area contributed by atoms with Gasteiger partial charge < -0.3 is 9.32 Å². The topological polar surface area (TPSA) is 79.6 Å². The van der Waals surface area contributed by atoms with E-state index in [2.05, 4.69) is 4.72 Å². The van der Waals surface area contributed by atoms with Crippen molar-refractivity contribution in [3.63, 3.8) is 0 Å². The molecule has 0 bridgehead atoms. The Labute approximate surface area is 142 Å². The van der Waals surface area contributed by atoms with E-state index >= 15 is 0 Å². The summed E-state index contributed by atoms with van der Waals surface area (Å²) < 4.78 is 32.1. The molecule has 0 aliphatic heterocycles. The lowest BCUT2D eigenvalue weighted by atomic mass is 10.1. The highest BCUT2D eigenvalue weighted by molar-refractivity contribution is 7.89. The summed E-state index contributed by atoms with van der Waals surface area (Å²) in [6.45, 7) is 5.62. The zero-order valence-electron chi connectivity index (χ0n) is 14.2. The van der Waals surface area contributed by atoms with Crippen LogP contribution in [0, 0.1) is 6.92 Å². The Morgan fingerprint density at radius 2 is 2.04 bits per heavy atom. The number of aryl methyl sites for hydroxylation is 1. The molecular formula is C17H22N2O4S. The molecule has 6 nitrogen and oxygen atoms in total. The maximum atomic E-state index is 12.8. The number of carbonyl (C=O) groups excluding carboxylic acids is 1. The molecule has 0 saturated carbocycles. The van der Waals surface area contributed by atoms with Crippen molar-refractivity contribution >= 4 is 15.9 Å². The van der Waals surface area contributed by atoms with E-state index in [1.165, 1.54) is 17.0 Å².